The van der Waals surface area contributed by atoms with Gasteiger partial charge >= 0.3 is 5.97 Å². The lowest BCUT2D eigenvalue weighted by Gasteiger charge is -2.28. The van der Waals surface area contributed by atoms with Gasteiger partial charge in [-0.15, -0.1) is 0 Å². The van der Waals surface area contributed by atoms with E-state index in [0.29, 0.717) is 50.0 Å². The van der Waals surface area contributed by atoms with Gasteiger partial charge in [0, 0.05) is 43.7 Å². The molecular weight excluding hydrogens is 362 g/mol. The fraction of sp³-hybridized carbons (Fsp3) is 0.600. The smallest absolute Gasteiger partial charge is 0.323 e. The number of fused-ring (bicyclic) bond motifs is 1. The SMILES string of the molecule is CC(=O)N(CC(=O)O)C1CCCN(C(=O)c2[nH]c3c(c2C)C(=O)CCC3)CC1. The number of amides is 2. The molecule has 1 aliphatic carbocycles. The van der Waals surface area contributed by atoms with Crippen LogP contribution in [0, 0.1) is 6.92 Å². The highest BCUT2D eigenvalue weighted by molar-refractivity contribution is 6.04. The molecule has 0 spiro atoms. The maximum Gasteiger partial charge on any atom is 0.323 e. The van der Waals surface area contributed by atoms with E-state index in [1.165, 1.54) is 11.8 Å². The van der Waals surface area contributed by atoms with E-state index in [1.54, 1.807) is 4.90 Å². The molecule has 0 aromatic carbocycles. The Morgan fingerprint density at radius 3 is 2.57 bits per heavy atom. The molecule has 0 bridgehead atoms. The Morgan fingerprint density at radius 1 is 1.18 bits per heavy atom. The van der Waals surface area contributed by atoms with Crippen molar-refractivity contribution in [3.63, 3.8) is 0 Å². The average Bonchev–Trinajstić information content (AvgIpc) is 2.82. The summed E-state index contributed by atoms with van der Waals surface area (Å²) in [6.07, 6.45) is 4.00. The van der Waals surface area contributed by atoms with Crippen molar-refractivity contribution in [3.05, 3.63) is 22.5 Å². The number of Topliss-reactive ketones (excluding diaryl/α,β-unsaturated/α-hetero) is 1. The number of nitrogens with zero attached hydrogens (tertiary/aromatic N) is 2. The van der Waals surface area contributed by atoms with Gasteiger partial charge in [-0.05, 0) is 44.6 Å². The summed E-state index contributed by atoms with van der Waals surface area (Å²) in [7, 11) is 0. The minimum atomic E-state index is -1.04. The van der Waals surface area contributed by atoms with E-state index >= 15 is 0 Å². The van der Waals surface area contributed by atoms with Crippen LogP contribution < -0.4 is 0 Å². The number of likely N-dealkylation sites (tertiary alicyclic amines) is 1. The van der Waals surface area contributed by atoms with Gasteiger partial charge in [-0.1, -0.05) is 0 Å². The summed E-state index contributed by atoms with van der Waals surface area (Å²) in [5.74, 6) is -1.34. The lowest BCUT2D eigenvalue weighted by atomic mass is 9.94. The molecule has 152 valence electrons. The highest BCUT2D eigenvalue weighted by Gasteiger charge is 2.31. The van der Waals surface area contributed by atoms with Crippen LogP contribution in [0.5, 0.6) is 0 Å². The van der Waals surface area contributed by atoms with Crippen molar-refractivity contribution in [1.82, 2.24) is 14.8 Å². The van der Waals surface area contributed by atoms with E-state index in [2.05, 4.69) is 4.98 Å². The fourth-order valence-corrected chi connectivity index (χ4v) is 4.38. The molecule has 8 nitrogen and oxygen atoms in total. The Morgan fingerprint density at radius 2 is 1.93 bits per heavy atom. The Hall–Kier alpha value is -2.64. The standard InChI is InChI=1S/C20H27N3O5/c1-12-18-15(6-3-7-16(18)25)21-19(12)20(28)22-9-4-5-14(8-10-22)23(13(2)24)11-17(26)27/h14,21H,3-11H2,1-2H3,(H,26,27). The van der Waals surface area contributed by atoms with Gasteiger partial charge in [-0.25, -0.2) is 0 Å². The number of nitrogens with one attached hydrogen (secondary N) is 1. The summed E-state index contributed by atoms with van der Waals surface area (Å²) in [4.78, 5) is 54.5. The first-order chi connectivity index (χ1) is 13.3. The van der Waals surface area contributed by atoms with Gasteiger partial charge in [0.2, 0.25) is 5.91 Å². The lowest BCUT2D eigenvalue weighted by molar-refractivity contribution is -0.145. The van der Waals surface area contributed by atoms with Crippen molar-refractivity contribution in [2.75, 3.05) is 19.6 Å². The second-order valence-electron chi connectivity index (χ2n) is 7.67. The van der Waals surface area contributed by atoms with Crippen molar-refractivity contribution < 1.29 is 24.3 Å². The maximum absolute atomic E-state index is 13.1. The van der Waals surface area contributed by atoms with Crippen molar-refractivity contribution in [2.45, 2.75) is 58.4 Å². The molecule has 1 saturated heterocycles. The summed E-state index contributed by atoms with van der Waals surface area (Å²) in [6, 6.07) is -0.189. The van der Waals surface area contributed by atoms with Crippen LogP contribution in [0.2, 0.25) is 0 Å². The highest BCUT2D eigenvalue weighted by atomic mass is 16.4. The Kier molecular flexibility index (Phi) is 5.86. The number of aryl methyl sites for hydroxylation is 1. The largest absolute Gasteiger partial charge is 0.480 e. The van der Waals surface area contributed by atoms with E-state index in [1.807, 2.05) is 6.92 Å². The second-order valence-corrected chi connectivity index (χ2v) is 7.67. The molecule has 2 amide bonds. The van der Waals surface area contributed by atoms with Crippen LogP contribution in [0.15, 0.2) is 0 Å². The third-order valence-electron chi connectivity index (χ3n) is 5.79. The van der Waals surface area contributed by atoms with Gasteiger partial charge in [0.1, 0.15) is 12.2 Å². The normalized spacial score (nSPS) is 19.7. The van der Waals surface area contributed by atoms with E-state index in [4.69, 9.17) is 5.11 Å². The molecule has 1 fully saturated rings. The molecule has 1 aromatic rings. The molecule has 28 heavy (non-hydrogen) atoms. The summed E-state index contributed by atoms with van der Waals surface area (Å²) < 4.78 is 0. The number of carbonyl (C=O) groups excluding carboxylic acids is 3. The molecule has 1 aliphatic heterocycles. The number of aromatic amines is 1. The number of carboxylic acid groups (broad SMARTS) is 1. The number of carboxylic acids is 1. The summed E-state index contributed by atoms with van der Waals surface area (Å²) in [6.45, 7) is 3.87. The summed E-state index contributed by atoms with van der Waals surface area (Å²) in [5.41, 5.74) is 2.73. The van der Waals surface area contributed by atoms with Crippen LogP contribution in [0.25, 0.3) is 0 Å². The highest BCUT2D eigenvalue weighted by Crippen LogP contribution is 2.28. The minimum Gasteiger partial charge on any atom is -0.480 e. The predicted octanol–water partition coefficient (Wildman–Crippen LogP) is 1.77. The van der Waals surface area contributed by atoms with Crippen LogP contribution in [-0.2, 0) is 16.0 Å². The number of H-pyrrole nitrogens is 1. The Labute approximate surface area is 163 Å². The van der Waals surface area contributed by atoms with E-state index in [0.717, 1.165) is 24.1 Å². The zero-order valence-corrected chi connectivity index (χ0v) is 16.4. The molecule has 2 heterocycles. The number of aliphatic carboxylic acids is 1. The molecule has 1 unspecified atom stereocenters. The quantitative estimate of drug-likeness (QED) is 0.815. The molecule has 8 heteroatoms. The molecule has 1 aromatic heterocycles. The van der Waals surface area contributed by atoms with Crippen LogP contribution in [0.1, 0.15) is 71.1 Å². The second kappa shape index (κ2) is 8.16. The molecule has 1 atom stereocenters. The van der Waals surface area contributed by atoms with Gasteiger partial charge in [0.05, 0.1) is 0 Å². The average molecular weight is 389 g/mol. The van der Waals surface area contributed by atoms with Gasteiger partial charge in [0.15, 0.2) is 5.78 Å². The number of ketones is 1. The third-order valence-corrected chi connectivity index (χ3v) is 5.79. The van der Waals surface area contributed by atoms with Crippen molar-refractivity contribution in [3.8, 4) is 0 Å². The number of rotatable bonds is 4. The zero-order chi connectivity index (χ0) is 20.4. The van der Waals surface area contributed by atoms with Crippen molar-refractivity contribution in [2.24, 2.45) is 0 Å². The van der Waals surface area contributed by atoms with Crippen LogP contribution in [0.3, 0.4) is 0 Å². The Bertz CT molecular complexity index is 813. The van der Waals surface area contributed by atoms with Crippen molar-refractivity contribution in [1.29, 1.82) is 0 Å². The van der Waals surface area contributed by atoms with Crippen LogP contribution in [0.4, 0.5) is 0 Å². The van der Waals surface area contributed by atoms with Crippen molar-refractivity contribution >= 4 is 23.6 Å². The first-order valence-corrected chi connectivity index (χ1v) is 9.82. The van der Waals surface area contributed by atoms with Crippen LogP contribution >= 0.6 is 0 Å². The number of hydrogen-bond acceptors (Lipinski definition) is 4. The van der Waals surface area contributed by atoms with E-state index in [-0.39, 0.29) is 30.2 Å². The number of carbonyl (C=O) groups is 4. The Balaban J connectivity index is 1.74. The van der Waals surface area contributed by atoms with E-state index < -0.39 is 5.97 Å². The molecule has 0 radical (unpaired) electrons. The fourth-order valence-electron chi connectivity index (χ4n) is 4.38. The van der Waals surface area contributed by atoms with Gasteiger partial charge < -0.3 is 19.9 Å². The maximum atomic E-state index is 13.1. The lowest BCUT2D eigenvalue weighted by Crippen LogP contribution is -2.43. The molecular formula is C20H27N3O5. The first-order valence-electron chi connectivity index (χ1n) is 9.82. The topological polar surface area (TPSA) is 111 Å². The first kappa shape index (κ1) is 20.1. The summed E-state index contributed by atoms with van der Waals surface area (Å²) >= 11 is 0. The third kappa shape index (κ3) is 3.95. The van der Waals surface area contributed by atoms with Gasteiger partial charge in [-0.3, -0.25) is 19.2 Å². The zero-order valence-electron chi connectivity index (χ0n) is 16.4. The predicted molar refractivity (Wildman–Crippen MR) is 101 cm³/mol. The molecule has 2 N–H and O–H groups in total. The van der Waals surface area contributed by atoms with Crippen LogP contribution in [-0.4, -0.2) is 69.1 Å². The summed E-state index contributed by atoms with van der Waals surface area (Å²) in [5, 5.41) is 9.06. The molecule has 3 rings (SSSR count). The monoisotopic (exact) mass is 389 g/mol. The van der Waals surface area contributed by atoms with Gasteiger partial charge in [-0.2, -0.15) is 0 Å². The number of hydrogen-bond donors (Lipinski definition) is 2. The minimum absolute atomic E-state index is 0.0933. The van der Waals surface area contributed by atoms with E-state index in [9.17, 15) is 19.2 Å². The molecule has 0 saturated carbocycles. The van der Waals surface area contributed by atoms with Gasteiger partial charge in [0.25, 0.3) is 5.91 Å². The number of aromatic nitrogens is 1. The molecule has 2 aliphatic rings.